The van der Waals surface area contributed by atoms with Crippen molar-refractivity contribution in [2.75, 3.05) is 18.0 Å². The molecule has 1 fully saturated rings. The lowest BCUT2D eigenvalue weighted by molar-refractivity contribution is -0.0612. The molecule has 11 heteroatoms. The number of halogens is 4. The summed E-state index contributed by atoms with van der Waals surface area (Å²) < 4.78 is 64.1. The highest BCUT2D eigenvalue weighted by Gasteiger charge is 2.50. The minimum atomic E-state index is -3.15. The minimum absolute atomic E-state index is 0.101. The topological polar surface area (TPSA) is 64.8 Å². The van der Waals surface area contributed by atoms with E-state index in [1.807, 2.05) is 0 Å². The summed E-state index contributed by atoms with van der Waals surface area (Å²) in [5.41, 5.74) is 0.968. The molecule has 4 rings (SSSR count). The number of hydrogen-bond acceptors (Lipinski definition) is 6. The number of nitrogens with zero attached hydrogens (tertiary/aromatic N) is 5. The van der Waals surface area contributed by atoms with Crippen LogP contribution in [0.15, 0.2) is 43.0 Å². The first-order chi connectivity index (χ1) is 12.9. The van der Waals surface area contributed by atoms with Crippen molar-refractivity contribution in [3.8, 4) is 11.6 Å². The Morgan fingerprint density at radius 2 is 2.00 bits per heavy atom. The van der Waals surface area contributed by atoms with E-state index in [1.54, 1.807) is 12.3 Å². The van der Waals surface area contributed by atoms with E-state index in [9.17, 15) is 17.6 Å². The third kappa shape index (κ3) is 3.44. The summed E-state index contributed by atoms with van der Waals surface area (Å²) >= 11 is 0. The van der Waals surface area contributed by atoms with Gasteiger partial charge in [0.05, 0.1) is 31.2 Å². The number of rotatable bonds is 5. The third-order valence-corrected chi connectivity index (χ3v) is 4.07. The second-order valence-electron chi connectivity index (χ2n) is 5.87. The Labute approximate surface area is 150 Å². The molecule has 4 heterocycles. The quantitative estimate of drug-likeness (QED) is 0.631. The molecular weight excluding hydrogens is 370 g/mol. The zero-order valence-electron chi connectivity index (χ0n) is 13.7. The summed E-state index contributed by atoms with van der Waals surface area (Å²) in [4.78, 5) is 9.34. The maximum absolute atomic E-state index is 14.4. The average molecular weight is 383 g/mol. The van der Waals surface area contributed by atoms with Crippen LogP contribution >= 0.6 is 0 Å². The molecule has 0 aliphatic carbocycles. The second kappa shape index (κ2) is 6.56. The second-order valence-corrected chi connectivity index (χ2v) is 5.87. The molecule has 3 aromatic heterocycles. The lowest BCUT2D eigenvalue weighted by Crippen LogP contribution is -2.36. The lowest BCUT2D eigenvalue weighted by atomic mass is 10.2. The van der Waals surface area contributed by atoms with Gasteiger partial charge in [-0.2, -0.15) is 13.9 Å². The number of anilines is 1. The van der Waals surface area contributed by atoms with E-state index in [2.05, 4.69) is 19.8 Å². The van der Waals surface area contributed by atoms with Crippen molar-refractivity contribution in [2.24, 2.45) is 0 Å². The number of ether oxygens (including phenoxy) is 2. The Bertz CT molecular complexity index is 934. The van der Waals surface area contributed by atoms with Crippen molar-refractivity contribution < 1.29 is 27.0 Å². The summed E-state index contributed by atoms with van der Waals surface area (Å²) in [5.74, 6) is -3.44. The third-order valence-electron chi connectivity index (χ3n) is 4.07. The summed E-state index contributed by atoms with van der Waals surface area (Å²) in [7, 11) is 0. The van der Waals surface area contributed by atoms with Gasteiger partial charge in [0, 0.05) is 18.5 Å². The predicted molar refractivity (Wildman–Crippen MR) is 85.4 cm³/mol. The normalized spacial score (nSPS) is 19.0. The van der Waals surface area contributed by atoms with Gasteiger partial charge in [0.2, 0.25) is 5.88 Å². The van der Waals surface area contributed by atoms with Crippen molar-refractivity contribution in [1.29, 1.82) is 0 Å². The van der Waals surface area contributed by atoms with Crippen molar-refractivity contribution in [1.82, 2.24) is 19.6 Å². The van der Waals surface area contributed by atoms with Crippen LogP contribution in [0.25, 0.3) is 5.65 Å². The Hall–Kier alpha value is -3.11. The Morgan fingerprint density at radius 1 is 1.15 bits per heavy atom. The molecule has 7 nitrogen and oxygen atoms in total. The highest BCUT2D eigenvalue weighted by molar-refractivity contribution is 5.68. The number of pyridine rings is 1. The summed E-state index contributed by atoms with van der Waals surface area (Å²) in [6.07, 6.45) is 4.17. The predicted octanol–water partition coefficient (Wildman–Crippen LogP) is 2.63. The van der Waals surface area contributed by atoms with Crippen LogP contribution in [0.2, 0.25) is 0 Å². The molecule has 0 spiro atoms. The highest BCUT2D eigenvalue weighted by atomic mass is 19.3. The van der Waals surface area contributed by atoms with Gasteiger partial charge in [0.25, 0.3) is 0 Å². The van der Waals surface area contributed by atoms with Crippen LogP contribution in [0.4, 0.5) is 23.2 Å². The van der Waals surface area contributed by atoms with Gasteiger partial charge in [-0.3, -0.25) is 0 Å². The first-order valence-corrected chi connectivity index (χ1v) is 7.91. The molecule has 1 saturated heterocycles. The van der Waals surface area contributed by atoms with Crippen LogP contribution < -0.4 is 14.4 Å². The van der Waals surface area contributed by atoms with Gasteiger partial charge in [0.1, 0.15) is 5.75 Å². The first kappa shape index (κ1) is 17.3. The Balaban J connectivity index is 1.51. The molecule has 3 aromatic rings. The Kier molecular flexibility index (Phi) is 4.21. The number of hydrogen-bond donors (Lipinski definition) is 0. The van der Waals surface area contributed by atoms with Crippen LogP contribution in [0.5, 0.6) is 11.6 Å². The van der Waals surface area contributed by atoms with E-state index >= 15 is 0 Å². The maximum atomic E-state index is 14.4. The SMILES string of the molecule is FC(F)Oc1ccc(OC2CN(c3ccnn4ccnc34)CC2(F)F)nc1. The summed E-state index contributed by atoms with van der Waals surface area (Å²) in [5, 5.41) is 4.06. The molecule has 142 valence electrons. The molecule has 1 unspecified atom stereocenters. The zero-order valence-corrected chi connectivity index (χ0v) is 13.7. The molecule has 0 amide bonds. The van der Waals surface area contributed by atoms with Gasteiger partial charge in [-0.15, -0.1) is 0 Å². The van der Waals surface area contributed by atoms with Crippen LogP contribution in [0, 0.1) is 0 Å². The van der Waals surface area contributed by atoms with E-state index in [0.717, 1.165) is 6.20 Å². The van der Waals surface area contributed by atoms with Crippen molar-refractivity contribution in [2.45, 2.75) is 18.6 Å². The molecule has 0 bridgehead atoms. The molecular formula is C16H13F4N5O2. The summed E-state index contributed by atoms with van der Waals surface area (Å²) in [6.45, 7) is -3.65. The molecule has 0 saturated carbocycles. The van der Waals surface area contributed by atoms with Crippen molar-refractivity contribution in [3.63, 3.8) is 0 Å². The van der Waals surface area contributed by atoms with E-state index in [0.29, 0.717) is 11.3 Å². The molecule has 1 aliphatic heterocycles. The Morgan fingerprint density at radius 3 is 2.74 bits per heavy atom. The fraction of sp³-hybridized carbons (Fsp3) is 0.312. The van der Waals surface area contributed by atoms with E-state index in [1.165, 1.54) is 33.9 Å². The molecule has 0 aromatic carbocycles. The number of imidazole rings is 1. The van der Waals surface area contributed by atoms with Gasteiger partial charge >= 0.3 is 12.5 Å². The zero-order chi connectivity index (χ0) is 19.0. The van der Waals surface area contributed by atoms with E-state index in [-0.39, 0.29) is 18.2 Å². The van der Waals surface area contributed by atoms with E-state index < -0.39 is 25.2 Å². The lowest BCUT2D eigenvalue weighted by Gasteiger charge is -2.18. The van der Waals surface area contributed by atoms with Gasteiger partial charge in [-0.1, -0.05) is 0 Å². The average Bonchev–Trinajstić information content (AvgIpc) is 3.20. The fourth-order valence-corrected chi connectivity index (χ4v) is 2.89. The van der Waals surface area contributed by atoms with Gasteiger partial charge < -0.3 is 14.4 Å². The van der Waals surface area contributed by atoms with Crippen molar-refractivity contribution >= 4 is 11.3 Å². The van der Waals surface area contributed by atoms with Gasteiger partial charge in [0.15, 0.2) is 11.8 Å². The molecule has 0 N–H and O–H groups in total. The fourth-order valence-electron chi connectivity index (χ4n) is 2.89. The number of aromatic nitrogens is 4. The number of fused-ring (bicyclic) bond motifs is 1. The summed E-state index contributed by atoms with van der Waals surface area (Å²) in [6, 6.07) is 3.99. The van der Waals surface area contributed by atoms with E-state index in [4.69, 9.17) is 4.74 Å². The number of alkyl halides is 4. The smallest absolute Gasteiger partial charge is 0.387 e. The molecule has 0 radical (unpaired) electrons. The van der Waals surface area contributed by atoms with Crippen LogP contribution in [-0.4, -0.2) is 51.3 Å². The highest BCUT2D eigenvalue weighted by Crippen LogP contribution is 2.35. The van der Waals surface area contributed by atoms with Gasteiger partial charge in [-0.05, 0) is 12.1 Å². The van der Waals surface area contributed by atoms with Crippen molar-refractivity contribution in [3.05, 3.63) is 43.0 Å². The molecule has 1 aliphatic rings. The minimum Gasteiger partial charge on any atom is -0.466 e. The van der Waals surface area contributed by atoms with Crippen LogP contribution in [-0.2, 0) is 0 Å². The molecule has 1 atom stereocenters. The standard InChI is InChI=1S/C16H13F4N5O2/c17-15(18)26-10-1-2-13(22-7-10)27-12-8-24(9-16(12,19)20)11-3-4-23-25-6-5-21-14(11)25/h1-7,12,15H,8-9H2. The largest absolute Gasteiger partial charge is 0.466 e. The van der Waals surface area contributed by atoms with Crippen LogP contribution in [0.3, 0.4) is 0 Å². The van der Waals surface area contributed by atoms with Crippen LogP contribution in [0.1, 0.15) is 0 Å². The molecule has 27 heavy (non-hydrogen) atoms. The monoisotopic (exact) mass is 383 g/mol. The maximum Gasteiger partial charge on any atom is 0.387 e. The first-order valence-electron chi connectivity index (χ1n) is 7.91. The van der Waals surface area contributed by atoms with Gasteiger partial charge in [-0.25, -0.2) is 23.3 Å².